The summed E-state index contributed by atoms with van der Waals surface area (Å²) in [6.07, 6.45) is 2.50. The van der Waals surface area contributed by atoms with Gasteiger partial charge in [-0.3, -0.25) is 14.4 Å². The van der Waals surface area contributed by atoms with Gasteiger partial charge in [0.25, 0.3) is 5.91 Å². The van der Waals surface area contributed by atoms with Crippen LogP contribution in [0.4, 0.5) is 5.69 Å². The molecule has 1 saturated heterocycles. The van der Waals surface area contributed by atoms with Crippen molar-refractivity contribution in [3.63, 3.8) is 0 Å². The van der Waals surface area contributed by atoms with E-state index in [0.717, 1.165) is 21.4 Å². The van der Waals surface area contributed by atoms with E-state index in [1.807, 2.05) is 30.5 Å². The fourth-order valence-electron chi connectivity index (χ4n) is 3.97. The molecule has 1 aliphatic heterocycles. The summed E-state index contributed by atoms with van der Waals surface area (Å²) in [5.41, 5.74) is 2.58. The van der Waals surface area contributed by atoms with E-state index in [2.05, 4.69) is 4.98 Å². The second-order valence-electron chi connectivity index (χ2n) is 7.31. The summed E-state index contributed by atoms with van der Waals surface area (Å²) in [5, 5.41) is 1.09. The molecule has 1 atom stereocenters. The zero-order valence-corrected chi connectivity index (χ0v) is 16.9. The molecule has 30 heavy (non-hydrogen) atoms. The van der Waals surface area contributed by atoms with Crippen LogP contribution >= 0.6 is 0 Å². The average Bonchev–Trinajstić information content (AvgIpc) is 3.29. The van der Waals surface area contributed by atoms with Crippen molar-refractivity contribution < 1.29 is 19.1 Å². The maximum atomic E-state index is 13.1. The second kappa shape index (κ2) is 8.02. The molecule has 0 spiro atoms. The van der Waals surface area contributed by atoms with Crippen LogP contribution < -0.4 is 9.64 Å². The van der Waals surface area contributed by atoms with Crippen LogP contribution in [0, 0.1) is 0 Å². The third-order valence-electron chi connectivity index (χ3n) is 5.53. The third-order valence-corrected chi connectivity index (χ3v) is 5.53. The molecule has 0 radical (unpaired) electrons. The lowest BCUT2D eigenvalue weighted by molar-refractivity contribution is -0.136. The monoisotopic (exact) mass is 405 g/mol. The van der Waals surface area contributed by atoms with Crippen molar-refractivity contribution in [2.24, 2.45) is 0 Å². The molecule has 2 aromatic carbocycles. The predicted octanol–water partition coefficient (Wildman–Crippen LogP) is 2.90. The number of rotatable bonds is 6. The molecular formula is C23H23N3O4. The lowest BCUT2D eigenvalue weighted by Gasteiger charge is -2.26. The molecule has 154 valence electrons. The zero-order chi connectivity index (χ0) is 21.3. The second-order valence-corrected chi connectivity index (χ2v) is 7.31. The highest BCUT2D eigenvalue weighted by Crippen LogP contribution is 2.28. The van der Waals surface area contributed by atoms with E-state index in [0.29, 0.717) is 24.4 Å². The van der Waals surface area contributed by atoms with E-state index in [4.69, 9.17) is 4.74 Å². The quantitative estimate of drug-likeness (QED) is 0.640. The Morgan fingerprint density at radius 1 is 1.17 bits per heavy atom. The Morgan fingerprint density at radius 2 is 1.90 bits per heavy atom. The Bertz CT molecular complexity index is 1100. The van der Waals surface area contributed by atoms with E-state index >= 15 is 0 Å². The van der Waals surface area contributed by atoms with Crippen LogP contribution in [0.25, 0.3) is 10.9 Å². The summed E-state index contributed by atoms with van der Waals surface area (Å²) < 4.78 is 5.13. The van der Waals surface area contributed by atoms with Crippen LogP contribution in [0.1, 0.15) is 18.9 Å². The molecule has 1 aliphatic rings. The van der Waals surface area contributed by atoms with Gasteiger partial charge in [-0.15, -0.1) is 0 Å². The summed E-state index contributed by atoms with van der Waals surface area (Å²) in [6, 6.07) is 13.9. The van der Waals surface area contributed by atoms with Crippen molar-refractivity contribution in [1.29, 1.82) is 0 Å². The van der Waals surface area contributed by atoms with Gasteiger partial charge in [0.05, 0.1) is 19.2 Å². The van der Waals surface area contributed by atoms with Gasteiger partial charge < -0.3 is 14.6 Å². The third kappa shape index (κ3) is 3.54. The number of fused-ring (bicyclic) bond motifs is 1. The van der Waals surface area contributed by atoms with Gasteiger partial charge in [0, 0.05) is 30.6 Å². The Morgan fingerprint density at radius 3 is 2.60 bits per heavy atom. The molecular weight excluding hydrogens is 382 g/mol. The molecule has 2 heterocycles. The van der Waals surface area contributed by atoms with Crippen LogP contribution in [0.15, 0.2) is 54.7 Å². The Balaban J connectivity index is 1.53. The van der Waals surface area contributed by atoms with E-state index in [1.54, 1.807) is 31.4 Å². The molecule has 4 rings (SSSR count). The summed E-state index contributed by atoms with van der Waals surface area (Å²) >= 11 is 0. The van der Waals surface area contributed by atoms with Crippen molar-refractivity contribution in [2.75, 3.05) is 18.6 Å². The van der Waals surface area contributed by atoms with Crippen molar-refractivity contribution in [2.45, 2.75) is 25.8 Å². The van der Waals surface area contributed by atoms with Crippen LogP contribution in [-0.2, 0) is 20.8 Å². The number of H-pyrrole nitrogens is 1. The van der Waals surface area contributed by atoms with Crippen molar-refractivity contribution in [3.05, 3.63) is 60.3 Å². The summed E-state index contributed by atoms with van der Waals surface area (Å²) in [4.78, 5) is 43.9. The van der Waals surface area contributed by atoms with Crippen LogP contribution in [0.5, 0.6) is 5.75 Å². The van der Waals surface area contributed by atoms with Crippen molar-refractivity contribution >= 4 is 34.3 Å². The van der Waals surface area contributed by atoms with Crippen molar-refractivity contribution in [1.82, 2.24) is 9.88 Å². The topological polar surface area (TPSA) is 82.7 Å². The Kier molecular flexibility index (Phi) is 5.27. The van der Waals surface area contributed by atoms with E-state index in [-0.39, 0.29) is 24.1 Å². The number of aromatic nitrogens is 1. The standard InChI is InChI=1S/C23H23N3O4/c1-15(27)25(12-11-16-14-24-20-6-4-3-5-19(16)20)21-13-22(28)26(23(21)29)17-7-9-18(30-2)10-8-17/h3-10,14,21,24H,11-13H2,1-2H3. The fraction of sp³-hybridized carbons (Fsp3) is 0.261. The summed E-state index contributed by atoms with van der Waals surface area (Å²) in [5.74, 6) is -0.274. The number of imide groups is 1. The minimum absolute atomic E-state index is 0.0155. The smallest absolute Gasteiger partial charge is 0.257 e. The number of carbonyl (C=O) groups is 3. The van der Waals surface area contributed by atoms with Crippen LogP contribution in [-0.4, -0.2) is 47.3 Å². The first-order valence-corrected chi connectivity index (χ1v) is 9.82. The number of methoxy groups -OCH3 is 1. The number of carbonyl (C=O) groups excluding carboxylic acids is 3. The molecule has 1 fully saturated rings. The highest BCUT2D eigenvalue weighted by molar-refractivity contribution is 6.23. The molecule has 1 aromatic heterocycles. The molecule has 3 aromatic rings. The molecule has 3 amide bonds. The van der Waals surface area contributed by atoms with Gasteiger partial charge in [0.15, 0.2) is 0 Å². The Hall–Kier alpha value is -3.61. The molecule has 1 N–H and O–H groups in total. The van der Waals surface area contributed by atoms with E-state index in [1.165, 1.54) is 11.8 Å². The van der Waals surface area contributed by atoms with Gasteiger partial charge in [-0.1, -0.05) is 18.2 Å². The van der Waals surface area contributed by atoms with Gasteiger partial charge in [-0.25, -0.2) is 4.90 Å². The molecule has 0 bridgehead atoms. The average molecular weight is 405 g/mol. The summed E-state index contributed by atoms with van der Waals surface area (Å²) in [7, 11) is 1.55. The normalized spacial score (nSPS) is 16.3. The number of nitrogens with one attached hydrogen (secondary N) is 1. The van der Waals surface area contributed by atoms with Gasteiger partial charge in [-0.05, 0) is 42.3 Å². The Labute approximate surface area is 174 Å². The largest absolute Gasteiger partial charge is 0.497 e. The van der Waals surface area contributed by atoms with Gasteiger partial charge in [0.1, 0.15) is 11.8 Å². The first kappa shape index (κ1) is 19.7. The number of amides is 3. The highest BCUT2D eigenvalue weighted by atomic mass is 16.5. The minimum atomic E-state index is -0.790. The molecule has 7 nitrogen and oxygen atoms in total. The van der Waals surface area contributed by atoms with Crippen LogP contribution in [0.3, 0.4) is 0 Å². The molecule has 0 aliphatic carbocycles. The summed E-state index contributed by atoms with van der Waals surface area (Å²) in [6.45, 7) is 1.79. The maximum Gasteiger partial charge on any atom is 0.257 e. The number of hydrogen-bond acceptors (Lipinski definition) is 4. The SMILES string of the molecule is COc1ccc(N2C(=O)CC(N(CCc3c[nH]c4ccccc34)C(C)=O)C2=O)cc1. The van der Waals surface area contributed by atoms with Crippen molar-refractivity contribution in [3.8, 4) is 5.75 Å². The fourth-order valence-corrected chi connectivity index (χ4v) is 3.97. The number of nitrogens with zero attached hydrogens (tertiary/aromatic N) is 2. The zero-order valence-electron chi connectivity index (χ0n) is 16.9. The lowest BCUT2D eigenvalue weighted by Crippen LogP contribution is -2.45. The molecule has 0 saturated carbocycles. The minimum Gasteiger partial charge on any atom is -0.497 e. The van der Waals surface area contributed by atoms with E-state index in [9.17, 15) is 14.4 Å². The van der Waals surface area contributed by atoms with Gasteiger partial charge in [0.2, 0.25) is 11.8 Å². The first-order valence-electron chi connectivity index (χ1n) is 9.82. The van der Waals surface area contributed by atoms with Gasteiger partial charge >= 0.3 is 0 Å². The van der Waals surface area contributed by atoms with E-state index < -0.39 is 6.04 Å². The highest BCUT2D eigenvalue weighted by Gasteiger charge is 2.43. The van der Waals surface area contributed by atoms with Crippen LogP contribution in [0.2, 0.25) is 0 Å². The molecule has 1 unspecified atom stereocenters. The number of para-hydroxylation sites is 1. The predicted molar refractivity (Wildman–Crippen MR) is 113 cm³/mol. The first-order chi connectivity index (χ1) is 14.5. The number of anilines is 1. The number of ether oxygens (including phenoxy) is 1. The number of benzene rings is 2. The number of aromatic amines is 1. The molecule has 7 heteroatoms. The maximum absolute atomic E-state index is 13.1. The number of hydrogen-bond donors (Lipinski definition) is 1. The lowest BCUT2D eigenvalue weighted by atomic mass is 10.1. The van der Waals surface area contributed by atoms with Gasteiger partial charge in [-0.2, -0.15) is 0 Å².